The molecule has 0 aliphatic heterocycles. The van der Waals surface area contributed by atoms with Crippen LogP contribution in [-0.4, -0.2) is 18.0 Å². The zero-order chi connectivity index (χ0) is 9.68. The van der Waals surface area contributed by atoms with E-state index < -0.39 is 0 Å². The summed E-state index contributed by atoms with van der Waals surface area (Å²) in [4.78, 5) is 4.09. The van der Waals surface area contributed by atoms with Gasteiger partial charge >= 0.3 is 0 Å². The maximum absolute atomic E-state index is 5.53. The Morgan fingerprint density at radius 1 is 1.62 bits per heavy atom. The quantitative estimate of drug-likeness (QED) is 0.696. The van der Waals surface area contributed by atoms with E-state index in [1.165, 1.54) is 0 Å². The molecule has 0 radical (unpaired) electrons. The highest BCUT2D eigenvalue weighted by atomic mass is 35.5. The van der Waals surface area contributed by atoms with E-state index in [0.29, 0.717) is 11.8 Å². The fraction of sp³-hybridized carbons (Fsp3) is 0.300. The van der Waals surface area contributed by atoms with Gasteiger partial charge in [0.05, 0.1) is 7.11 Å². The molecule has 0 aliphatic carbocycles. The number of ether oxygens (including phenoxy) is 1. The predicted molar refractivity (Wildman–Crippen MR) is 55.3 cm³/mol. The lowest BCUT2D eigenvalue weighted by Gasteiger charge is -2.02. The third kappa shape index (κ3) is 2.74. The molecular weight excluding hydrogens is 186 g/mol. The second kappa shape index (κ2) is 4.87. The molecule has 0 unspecified atom stereocenters. The molecule has 13 heavy (non-hydrogen) atoms. The maximum Gasteiger partial charge on any atom is 0.213 e. The number of hydrogen-bond acceptors (Lipinski definition) is 2. The first kappa shape index (κ1) is 10.1. The first-order chi connectivity index (χ1) is 6.27. The third-order valence-corrected chi connectivity index (χ3v) is 1.90. The topological polar surface area (TPSA) is 22.1 Å². The summed E-state index contributed by atoms with van der Waals surface area (Å²) < 4.78 is 4.99. The number of aromatic nitrogens is 1. The van der Waals surface area contributed by atoms with Gasteiger partial charge in [0.2, 0.25) is 5.88 Å². The van der Waals surface area contributed by atoms with Crippen LogP contribution in [-0.2, 0) is 0 Å². The Hall–Kier alpha value is -1.02. The normalized spacial score (nSPS) is 10.7. The van der Waals surface area contributed by atoms with Crippen LogP contribution in [0, 0.1) is 6.92 Å². The molecule has 0 saturated heterocycles. The minimum absolute atomic E-state index is 0.519. The number of rotatable bonds is 3. The summed E-state index contributed by atoms with van der Waals surface area (Å²) in [6, 6.07) is 1.90. The molecule has 0 spiro atoms. The lowest BCUT2D eigenvalue weighted by Crippen LogP contribution is -1.90. The zero-order valence-corrected chi connectivity index (χ0v) is 8.51. The van der Waals surface area contributed by atoms with Gasteiger partial charge in [0.25, 0.3) is 0 Å². The molecule has 1 rings (SSSR count). The van der Waals surface area contributed by atoms with Gasteiger partial charge in [0, 0.05) is 18.1 Å². The Balaban J connectivity index is 2.91. The highest BCUT2D eigenvalue weighted by molar-refractivity contribution is 6.19. The second-order valence-corrected chi connectivity index (χ2v) is 2.95. The van der Waals surface area contributed by atoms with Crippen LogP contribution >= 0.6 is 11.6 Å². The average Bonchev–Trinajstić information content (AvgIpc) is 2.16. The van der Waals surface area contributed by atoms with Crippen LogP contribution in [0.5, 0.6) is 5.88 Å². The molecule has 0 bridgehead atoms. The summed E-state index contributed by atoms with van der Waals surface area (Å²) in [6.45, 7) is 2.01. The minimum atomic E-state index is 0.519. The third-order valence-electron chi connectivity index (χ3n) is 1.72. The van der Waals surface area contributed by atoms with E-state index in [2.05, 4.69) is 4.98 Å². The molecule has 3 heteroatoms. The Bertz CT molecular complexity index is 310. The Morgan fingerprint density at radius 2 is 2.38 bits per heavy atom. The molecule has 70 valence electrons. The van der Waals surface area contributed by atoms with Crippen molar-refractivity contribution >= 4 is 17.7 Å². The van der Waals surface area contributed by atoms with Gasteiger partial charge in [-0.1, -0.05) is 12.2 Å². The smallest absolute Gasteiger partial charge is 0.213 e. The lowest BCUT2D eigenvalue weighted by molar-refractivity contribution is 0.397. The first-order valence-electron chi connectivity index (χ1n) is 4.01. The van der Waals surface area contributed by atoms with Crippen molar-refractivity contribution in [3.8, 4) is 5.88 Å². The highest BCUT2D eigenvalue weighted by Gasteiger charge is 1.97. The fourth-order valence-electron chi connectivity index (χ4n) is 0.998. The monoisotopic (exact) mass is 197 g/mol. The van der Waals surface area contributed by atoms with Crippen LogP contribution in [0.1, 0.15) is 11.1 Å². The van der Waals surface area contributed by atoms with Crippen molar-refractivity contribution in [3.63, 3.8) is 0 Å². The highest BCUT2D eigenvalue weighted by Crippen LogP contribution is 2.14. The summed E-state index contributed by atoms with van der Waals surface area (Å²) in [5.74, 6) is 1.16. The molecule has 0 N–H and O–H groups in total. The van der Waals surface area contributed by atoms with Gasteiger partial charge in [-0.05, 0) is 18.1 Å². The van der Waals surface area contributed by atoms with Crippen molar-refractivity contribution in [2.75, 3.05) is 13.0 Å². The summed E-state index contributed by atoms with van der Waals surface area (Å²) in [6.07, 6.45) is 5.62. The summed E-state index contributed by atoms with van der Waals surface area (Å²) in [5.41, 5.74) is 2.20. The van der Waals surface area contributed by atoms with Crippen molar-refractivity contribution < 1.29 is 4.74 Å². The van der Waals surface area contributed by atoms with Gasteiger partial charge in [0.1, 0.15) is 0 Å². The standard InChI is InChI=1S/C10H12ClNO/c1-8-6-10(13-2)12-7-9(8)4-3-5-11/h3-4,6-7H,5H2,1-2H3. The number of allylic oxidation sites excluding steroid dienone is 1. The van der Waals surface area contributed by atoms with Crippen LogP contribution < -0.4 is 4.74 Å². The lowest BCUT2D eigenvalue weighted by atomic mass is 10.1. The molecule has 1 heterocycles. The van der Waals surface area contributed by atoms with Gasteiger partial charge in [-0.3, -0.25) is 0 Å². The predicted octanol–water partition coefficient (Wildman–Crippen LogP) is 2.65. The molecule has 1 aromatic heterocycles. The summed E-state index contributed by atoms with van der Waals surface area (Å²) in [5, 5.41) is 0. The number of hydrogen-bond donors (Lipinski definition) is 0. The minimum Gasteiger partial charge on any atom is -0.481 e. The largest absolute Gasteiger partial charge is 0.481 e. The summed E-state index contributed by atoms with van der Waals surface area (Å²) >= 11 is 5.53. The van der Waals surface area contributed by atoms with E-state index in [0.717, 1.165) is 11.1 Å². The maximum atomic E-state index is 5.53. The van der Waals surface area contributed by atoms with E-state index in [4.69, 9.17) is 16.3 Å². The van der Waals surface area contributed by atoms with E-state index in [1.807, 2.05) is 25.1 Å². The molecule has 0 saturated carbocycles. The van der Waals surface area contributed by atoms with Crippen LogP contribution in [0.25, 0.3) is 6.08 Å². The summed E-state index contributed by atoms with van der Waals surface area (Å²) in [7, 11) is 1.61. The van der Waals surface area contributed by atoms with E-state index in [9.17, 15) is 0 Å². The van der Waals surface area contributed by atoms with Gasteiger partial charge in [-0.2, -0.15) is 0 Å². The number of methoxy groups -OCH3 is 1. The van der Waals surface area contributed by atoms with E-state index in [-0.39, 0.29) is 0 Å². The van der Waals surface area contributed by atoms with Crippen molar-refractivity contribution in [2.24, 2.45) is 0 Å². The van der Waals surface area contributed by atoms with Crippen LogP contribution in [0.15, 0.2) is 18.3 Å². The first-order valence-corrected chi connectivity index (χ1v) is 4.54. The van der Waals surface area contributed by atoms with Crippen LogP contribution in [0.2, 0.25) is 0 Å². The van der Waals surface area contributed by atoms with Gasteiger partial charge in [0.15, 0.2) is 0 Å². The van der Waals surface area contributed by atoms with Gasteiger partial charge in [-0.15, -0.1) is 11.6 Å². The van der Waals surface area contributed by atoms with E-state index in [1.54, 1.807) is 13.3 Å². The molecule has 0 atom stereocenters. The van der Waals surface area contributed by atoms with Crippen molar-refractivity contribution in [1.29, 1.82) is 0 Å². The molecular formula is C10H12ClNO. The Labute approximate surface area is 83.2 Å². The van der Waals surface area contributed by atoms with Crippen molar-refractivity contribution in [2.45, 2.75) is 6.92 Å². The molecule has 0 aromatic carbocycles. The van der Waals surface area contributed by atoms with E-state index >= 15 is 0 Å². The van der Waals surface area contributed by atoms with Gasteiger partial charge < -0.3 is 4.74 Å². The zero-order valence-electron chi connectivity index (χ0n) is 7.75. The number of pyridine rings is 1. The molecule has 0 fully saturated rings. The number of alkyl halides is 1. The van der Waals surface area contributed by atoms with Crippen LogP contribution in [0.4, 0.5) is 0 Å². The molecule has 0 amide bonds. The molecule has 2 nitrogen and oxygen atoms in total. The number of halogens is 1. The Kier molecular flexibility index (Phi) is 3.77. The van der Waals surface area contributed by atoms with Crippen molar-refractivity contribution in [1.82, 2.24) is 4.98 Å². The second-order valence-electron chi connectivity index (χ2n) is 2.64. The SMILES string of the molecule is COc1cc(C)c(C=CCCl)cn1. The fourth-order valence-corrected chi connectivity index (χ4v) is 1.09. The average molecular weight is 198 g/mol. The number of nitrogens with zero attached hydrogens (tertiary/aromatic N) is 1. The molecule has 0 aliphatic rings. The molecule has 1 aromatic rings. The Morgan fingerprint density at radius 3 is 2.92 bits per heavy atom. The van der Waals surface area contributed by atoms with Gasteiger partial charge in [-0.25, -0.2) is 4.98 Å². The van der Waals surface area contributed by atoms with Crippen molar-refractivity contribution in [3.05, 3.63) is 29.5 Å². The van der Waals surface area contributed by atoms with Crippen LogP contribution in [0.3, 0.4) is 0 Å². The number of aryl methyl sites for hydroxylation is 1.